The molecule has 0 heterocycles. The van der Waals surface area contributed by atoms with Crippen LogP contribution < -0.4 is 10.2 Å². The van der Waals surface area contributed by atoms with Crippen molar-refractivity contribution in [3.63, 3.8) is 0 Å². The standard InChI is InChI=1S/C22H26ClNO4.ClH/c1-3-19-20-12-18(24-13-21(26)16-5-4-6-17(23)11-16)9-7-15(20)8-10-22(19)28-27-14(2)25;/h4-6,8,10-11,18,21,24,26H,3,7,9,12-13H2,1-2H3;1H/t18-,21-;/m0./s1. The summed E-state index contributed by atoms with van der Waals surface area (Å²) in [6.45, 7) is 3.84. The van der Waals surface area contributed by atoms with Crippen molar-refractivity contribution in [2.75, 3.05) is 6.54 Å². The van der Waals surface area contributed by atoms with Gasteiger partial charge in [-0.15, -0.1) is 12.4 Å². The third-order valence-electron chi connectivity index (χ3n) is 5.13. The van der Waals surface area contributed by atoms with Crippen LogP contribution >= 0.6 is 24.0 Å². The van der Waals surface area contributed by atoms with Crippen LogP contribution in [0.25, 0.3) is 0 Å². The van der Waals surface area contributed by atoms with Crippen LogP contribution in [0.4, 0.5) is 0 Å². The summed E-state index contributed by atoms with van der Waals surface area (Å²) in [5.74, 6) is 0.116. The van der Waals surface area contributed by atoms with E-state index in [4.69, 9.17) is 21.4 Å². The van der Waals surface area contributed by atoms with E-state index < -0.39 is 12.1 Å². The molecule has 0 radical (unpaired) electrons. The molecule has 158 valence electrons. The fourth-order valence-electron chi connectivity index (χ4n) is 3.74. The number of nitrogens with one attached hydrogen (secondary N) is 1. The normalized spacial score (nSPS) is 16.3. The van der Waals surface area contributed by atoms with Crippen molar-refractivity contribution in [2.24, 2.45) is 0 Å². The predicted octanol–water partition coefficient (Wildman–Crippen LogP) is 4.36. The highest BCUT2D eigenvalue weighted by atomic mass is 35.5. The highest BCUT2D eigenvalue weighted by Gasteiger charge is 2.24. The molecule has 5 nitrogen and oxygen atoms in total. The molecule has 0 unspecified atom stereocenters. The van der Waals surface area contributed by atoms with E-state index in [0.29, 0.717) is 17.3 Å². The minimum absolute atomic E-state index is 0. The highest BCUT2D eigenvalue weighted by Crippen LogP contribution is 2.32. The van der Waals surface area contributed by atoms with E-state index in [1.165, 1.54) is 18.1 Å². The number of benzene rings is 2. The van der Waals surface area contributed by atoms with Gasteiger partial charge >= 0.3 is 5.97 Å². The summed E-state index contributed by atoms with van der Waals surface area (Å²) in [6.07, 6.45) is 2.99. The first kappa shape index (κ1) is 23.5. The Labute approximate surface area is 182 Å². The molecule has 3 rings (SSSR count). The summed E-state index contributed by atoms with van der Waals surface area (Å²) >= 11 is 6.01. The van der Waals surface area contributed by atoms with Gasteiger partial charge < -0.3 is 10.4 Å². The number of rotatable bonds is 7. The molecule has 29 heavy (non-hydrogen) atoms. The van der Waals surface area contributed by atoms with Gasteiger partial charge in [0.2, 0.25) is 0 Å². The molecule has 2 N–H and O–H groups in total. The number of aliphatic hydroxyl groups excluding tert-OH is 1. The molecule has 0 spiro atoms. The fraction of sp³-hybridized carbons (Fsp3) is 0.409. The first-order valence-corrected chi connectivity index (χ1v) is 10.0. The minimum atomic E-state index is -0.607. The van der Waals surface area contributed by atoms with Gasteiger partial charge in [0.05, 0.1) is 6.10 Å². The average Bonchev–Trinajstić information content (AvgIpc) is 2.69. The summed E-state index contributed by atoms with van der Waals surface area (Å²) in [5.41, 5.74) is 4.43. The first-order valence-electron chi connectivity index (χ1n) is 9.63. The second-order valence-corrected chi connectivity index (χ2v) is 7.55. The maximum absolute atomic E-state index is 11.1. The number of carbonyl (C=O) groups excluding carboxylic acids is 1. The number of aliphatic hydroxyl groups is 1. The Kier molecular flexibility index (Phi) is 8.78. The van der Waals surface area contributed by atoms with Crippen molar-refractivity contribution in [1.82, 2.24) is 5.32 Å². The van der Waals surface area contributed by atoms with Crippen LogP contribution in [0.3, 0.4) is 0 Å². The van der Waals surface area contributed by atoms with Gasteiger partial charge in [-0.2, -0.15) is 0 Å². The molecule has 2 atom stereocenters. The van der Waals surface area contributed by atoms with Crippen molar-refractivity contribution in [3.8, 4) is 5.75 Å². The van der Waals surface area contributed by atoms with Crippen molar-refractivity contribution >= 4 is 30.0 Å². The summed E-state index contributed by atoms with van der Waals surface area (Å²) in [5, 5.41) is 14.6. The second kappa shape index (κ2) is 10.8. The van der Waals surface area contributed by atoms with Crippen LogP contribution in [0.15, 0.2) is 36.4 Å². The number of carbonyl (C=O) groups is 1. The van der Waals surface area contributed by atoms with E-state index in [-0.39, 0.29) is 18.4 Å². The average molecular weight is 440 g/mol. The number of hydrogen-bond acceptors (Lipinski definition) is 5. The molecule has 7 heteroatoms. The van der Waals surface area contributed by atoms with Crippen LogP contribution in [-0.2, 0) is 28.9 Å². The summed E-state index contributed by atoms with van der Waals surface area (Å²) in [6, 6.07) is 11.5. The third-order valence-corrected chi connectivity index (χ3v) is 5.37. The van der Waals surface area contributed by atoms with Gasteiger partial charge in [-0.3, -0.25) is 9.78 Å². The third kappa shape index (κ3) is 6.09. The van der Waals surface area contributed by atoms with Crippen LogP contribution in [0.5, 0.6) is 5.75 Å². The Morgan fingerprint density at radius 3 is 2.83 bits per heavy atom. The molecule has 0 amide bonds. The van der Waals surface area contributed by atoms with Crippen molar-refractivity contribution in [2.45, 2.75) is 51.7 Å². The molecule has 0 aliphatic heterocycles. The van der Waals surface area contributed by atoms with Crippen molar-refractivity contribution < 1.29 is 19.7 Å². The van der Waals surface area contributed by atoms with Gasteiger partial charge in [0, 0.05) is 30.1 Å². The van der Waals surface area contributed by atoms with E-state index in [1.54, 1.807) is 12.1 Å². The Morgan fingerprint density at radius 1 is 1.34 bits per heavy atom. The van der Waals surface area contributed by atoms with Crippen LogP contribution in [0, 0.1) is 0 Å². The monoisotopic (exact) mass is 439 g/mol. The Morgan fingerprint density at radius 2 is 2.14 bits per heavy atom. The predicted molar refractivity (Wildman–Crippen MR) is 116 cm³/mol. The van der Waals surface area contributed by atoms with Crippen molar-refractivity contribution in [3.05, 3.63) is 63.7 Å². The van der Waals surface area contributed by atoms with Crippen LogP contribution in [0.2, 0.25) is 5.02 Å². The van der Waals surface area contributed by atoms with Gasteiger partial charge in [-0.25, -0.2) is 4.79 Å². The minimum Gasteiger partial charge on any atom is -0.387 e. The lowest BCUT2D eigenvalue weighted by atomic mass is 9.84. The lowest BCUT2D eigenvalue weighted by Gasteiger charge is -2.29. The smallest absolute Gasteiger partial charge is 0.352 e. The molecule has 0 fully saturated rings. The Bertz CT molecular complexity index is 844. The molecule has 1 aliphatic carbocycles. The molecule has 2 aromatic rings. The molecular formula is C22H27Cl2NO4. The van der Waals surface area contributed by atoms with Crippen molar-refractivity contribution in [1.29, 1.82) is 0 Å². The zero-order valence-electron chi connectivity index (χ0n) is 16.6. The highest BCUT2D eigenvalue weighted by molar-refractivity contribution is 6.30. The molecule has 0 saturated heterocycles. The van der Waals surface area contributed by atoms with Crippen LogP contribution in [0.1, 0.15) is 48.6 Å². The van der Waals surface area contributed by atoms with Gasteiger partial charge in [0.1, 0.15) is 0 Å². The number of fused-ring (bicyclic) bond motifs is 1. The van der Waals surface area contributed by atoms with Gasteiger partial charge in [-0.1, -0.05) is 36.7 Å². The van der Waals surface area contributed by atoms with Gasteiger partial charge in [0.15, 0.2) is 5.75 Å². The summed E-state index contributed by atoms with van der Waals surface area (Å²) in [7, 11) is 0. The van der Waals surface area contributed by atoms with E-state index in [2.05, 4.69) is 12.2 Å². The quantitative estimate of drug-likeness (QED) is 0.495. The molecule has 0 bridgehead atoms. The summed E-state index contributed by atoms with van der Waals surface area (Å²) in [4.78, 5) is 21.0. The molecule has 0 saturated carbocycles. The molecular weight excluding hydrogens is 413 g/mol. The Balaban J connectivity index is 0.00000300. The van der Waals surface area contributed by atoms with E-state index in [0.717, 1.165) is 36.8 Å². The zero-order chi connectivity index (χ0) is 20.1. The molecule has 0 aromatic heterocycles. The largest absolute Gasteiger partial charge is 0.387 e. The van der Waals surface area contributed by atoms with E-state index >= 15 is 0 Å². The van der Waals surface area contributed by atoms with E-state index in [9.17, 15) is 9.90 Å². The number of aryl methyl sites for hydroxylation is 1. The van der Waals surface area contributed by atoms with E-state index in [1.807, 2.05) is 24.3 Å². The lowest BCUT2D eigenvalue weighted by molar-refractivity contribution is -0.211. The van der Waals surface area contributed by atoms with Crippen LogP contribution in [-0.4, -0.2) is 23.7 Å². The number of halogens is 2. The Hall–Kier alpha value is -1.79. The maximum atomic E-state index is 11.1. The first-order chi connectivity index (χ1) is 13.5. The van der Waals surface area contributed by atoms with Gasteiger partial charge in [0.25, 0.3) is 0 Å². The summed E-state index contributed by atoms with van der Waals surface area (Å²) < 4.78 is 0. The zero-order valence-corrected chi connectivity index (χ0v) is 18.2. The maximum Gasteiger partial charge on any atom is 0.352 e. The fourth-order valence-corrected chi connectivity index (χ4v) is 3.94. The number of hydrogen-bond donors (Lipinski definition) is 2. The topological polar surface area (TPSA) is 67.8 Å². The van der Waals surface area contributed by atoms with Gasteiger partial charge in [-0.05, 0) is 60.6 Å². The second-order valence-electron chi connectivity index (χ2n) is 7.11. The lowest BCUT2D eigenvalue weighted by Crippen LogP contribution is -2.37. The SMILES string of the molecule is CCc1c(OOC(C)=O)ccc2c1C[C@@H](NC[C@H](O)c1cccc(Cl)c1)CC2.Cl. The molecule has 1 aliphatic rings. The molecule has 2 aromatic carbocycles.